The average Bonchev–Trinajstić information content (AvgIpc) is 2.95. The van der Waals surface area contributed by atoms with E-state index in [1.165, 1.54) is 24.9 Å². The molecule has 2 N–H and O–H groups in total. The fourth-order valence-corrected chi connectivity index (χ4v) is 3.13. The number of hydrogen-bond donors (Lipinski definition) is 1. The summed E-state index contributed by atoms with van der Waals surface area (Å²) in [5, 5.41) is 13.1. The van der Waals surface area contributed by atoms with Crippen LogP contribution in [0.5, 0.6) is 0 Å². The second kappa shape index (κ2) is 7.03. The van der Waals surface area contributed by atoms with Crippen LogP contribution in [0.25, 0.3) is 0 Å². The Morgan fingerprint density at radius 3 is 2.46 bits per heavy atom. The van der Waals surface area contributed by atoms with Crippen molar-refractivity contribution in [2.45, 2.75) is 46.6 Å². The van der Waals surface area contributed by atoms with Gasteiger partial charge in [0.1, 0.15) is 5.69 Å². The molecule has 0 aliphatic carbocycles. The molecule has 0 radical (unpaired) electrons. The third kappa shape index (κ3) is 3.42. The lowest BCUT2D eigenvalue weighted by Crippen LogP contribution is -2.29. The molecule has 24 heavy (non-hydrogen) atoms. The van der Waals surface area contributed by atoms with E-state index in [1.807, 2.05) is 30.8 Å². The summed E-state index contributed by atoms with van der Waals surface area (Å²) < 4.78 is 1.86. The summed E-state index contributed by atoms with van der Waals surface area (Å²) in [6.45, 7) is 9.11. The number of nitrogens with zero attached hydrogens (tertiary/aromatic N) is 5. The van der Waals surface area contributed by atoms with E-state index in [4.69, 9.17) is 5.73 Å². The highest BCUT2D eigenvalue weighted by Crippen LogP contribution is 2.34. The van der Waals surface area contributed by atoms with Crippen LogP contribution in [0.1, 0.15) is 37.3 Å². The molecule has 0 bridgehead atoms. The van der Waals surface area contributed by atoms with E-state index in [0.29, 0.717) is 11.5 Å². The van der Waals surface area contributed by atoms with E-state index < -0.39 is 0 Å². The summed E-state index contributed by atoms with van der Waals surface area (Å²) in [6, 6.07) is 4.18. The molecule has 1 fully saturated rings. The quantitative estimate of drug-likeness (QED) is 0.664. The smallest absolute Gasteiger partial charge is 0.198 e. The molecule has 2 aromatic rings. The summed E-state index contributed by atoms with van der Waals surface area (Å²) in [6.07, 6.45) is 5.80. The molecule has 0 unspecified atom stereocenters. The van der Waals surface area contributed by atoms with Crippen LogP contribution in [-0.2, 0) is 6.54 Å². The van der Waals surface area contributed by atoms with Crippen LogP contribution < -0.4 is 10.6 Å². The van der Waals surface area contributed by atoms with Crippen molar-refractivity contribution < 1.29 is 0 Å². The topological polar surface area (TPSA) is 71.8 Å². The highest BCUT2D eigenvalue weighted by atomic mass is 15.3. The fraction of sp³-hybridized carbons (Fsp3) is 0.500. The fourth-order valence-electron chi connectivity index (χ4n) is 3.13. The van der Waals surface area contributed by atoms with Crippen molar-refractivity contribution in [1.29, 1.82) is 0 Å². The summed E-state index contributed by atoms with van der Waals surface area (Å²) in [5.74, 6) is 0.649. The Morgan fingerprint density at radius 2 is 1.83 bits per heavy atom. The van der Waals surface area contributed by atoms with Crippen LogP contribution >= 0.6 is 0 Å². The minimum absolute atomic E-state index is 0.649. The van der Waals surface area contributed by atoms with Crippen molar-refractivity contribution in [2.24, 2.45) is 10.2 Å². The number of rotatable bonds is 4. The van der Waals surface area contributed by atoms with Gasteiger partial charge in [-0.2, -0.15) is 5.10 Å². The molecule has 0 saturated carbocycles. The Kier molecular flexibility index (Phi) is 4.83. The van der Waals surface area contributed by atoms with E-state index in [-0.39, 0.29) is 0 Å². The van der Waals surface area contributed by atoms with E-state index in [0.717, 1.165) is 36.4 Å². The van der Waals surface area contributed by atoms with E-state index >= 15 is 0 Å². The number of benzene rings is 1. The second-order valence-electron chi connectivity index (χ2n) is 6.44. The van der Waals surface area contributed by atoms with Crippen molar-refractivity contribution in [3.63, 3.8) is 0 Å². The van der Waals surface area contributed by atoms with Gasteiger partial charge in [0, 0.05) is 37.1 Å². The number of aryl methyl sites for hydroxylation is 3. The lowest BCUT2D eigenvalue weighted by molar-refractivity contribution is 0.578. The zero-order valence-electron chi connectivity index (χ0n) is 14.8. The van der Waals surface area contributed by atoms with Crippen molar-refractivity contribution in [2.75, 3.05) is 23.7 Å². The third-order valence-corrected chi connectivity index (χ3v) is 4.52. The average molecular weight is 326 g/mol. The number of nitrogen functional groups attached to an aromatic ring is 1. The molecule has 1 aliphatic rings. The standard InChI is InChI=1S/C18H26N6/c1-4-24-12-14(3)18(22-24)21-20-17-13(2)10-15(11-16(17)19)23-8-6-5-7-9-23/h10-12H,4-9,19H2,1-3H3. The van der Waals surface area contributed by atoms with E-state index in [2.05, 4.69) is 33.2 Å². The van der Waals surface area contributed by atoms with Crippen LogP contribution in [-0.4, -0.2) is 22.9 Å². The van der Waals surface area contributed by atoms with Gasteiger partial charge in [0.05, 0.1) is 5.69 Å². The maximum atomic E-state index is 6.26. The van der Waals surface area contributed by atoms with Crippen LogP contribution in [0.15, 0.2) is 28.6 Å². The molecule has 0 amide bonds. The molecule has 128 valence electrons. The highest BCUT2D eigenvalue weighted by molar-refractivity contribution is 5.73. The molecule has 1 aromatic carbocycles. The third-order valence-electron chi connectivity index (χ3n) is 4.52. The van der Waals surface area contributed by atoms with Crippen molar-refractivity contribution in [3.05, 3.63) is 29.5 Å². The second-order valence-corrected chi connectivity index (χ2v) is 6.44. The Morgan fingerprint density at radius 1 is 1.08 bits per heavy atom. The zero-order valence-corrected chi connectivity index (χ0v) is 14.8. The number of azo groups is 1. The van der Waals surface area contributed by atoms with Gasteiger partial charge < -0.3 is 10.6 Å². The first kappa shape index (κ1) is 16.5. The number of piperidine rings is 1. The van der Waals surface area contributed by atoms with Crippen LogP contribution in [0.4, 0.5) is 22.9 Å². The van der Waals surface area contributed by atoms with Crippen LogP contribution in [0, 0.1) is 13.8 Å². The number of aromatic nitrogens is 2. The molecule has 1 aromatic heterocycles. The van der Waals surface area contributed by atoms with Crippen molar-refractivity contribution in [1.82, 2.24) is 9.78 Å². The molecule has 6 nitrogen and oxygen atoms in total. The molecular formula is C18H26N6. The van der Waals surface area contributed by atoms with E-state index in [9.17, 15) is 0 Å². The molecule has 3 rings (SSSR count). The van der Waals surface area contributed by atoms with Gasteiger partial charge in [-0.3, -0.25) is 4.68 Å². The first-order chi connectivity index (χ1) is 11.6. The molecule has 0 atom stereocenters. The van der Waals surface area contributed by atoms with Gasteiger partial charge in [0.25, 0.3) is 0 Å². The first-order valence-electron chi connectivity index (χ1n) is 8.69. The number of nitrogens with two attached hydrogens (primary N) is 1. The van der Waals surface area contributed by atoms with Crippen LogP contribution in [0.3, 0.4) is 0 Å². The summed E-state index contributed by atoms with van der Waals surface area (Å²) in [7, 11) is 0. The lowest BCUT2D eigenvalue weighted by atomic mass is 10.1. The Balaban J connectivity index is 1.85. The maximum Gasteiger partial charge on any atom is 0.198 e. The van der Waals surface area contributed by atoms with Gasteiger partial charge in [0.15, 0.2) is 5.82 Å². The Hall–Kier alpha value is -2.37. The van der Waals surface area contributed by atoms with Crippen molar-refractivity contribution in [3.8, 4) is 0 Å². The van der Waals surface area contributed by atoms with Gasteiger partial charge >= 0.3 is 0 Å². The molecule has 6 heteroatoms. The normalized spacial score (nSPS) is 15.4. The molecular weight excluding hydrogens is 300 g/mol. The largest absolute Gasteiger partial charge is 0.397 e. The molecule has 0 spiro atoms. The van der Waals surface area contributed by atoms with Crippen LogP contribution in [0.2, 0.25) is 0 Å². The highest BCUT2D eigenvalue weighted by Gasteiger charge is 2.14. The zero-order chi connectivity index (χ0) is 17.1. The minimum atomic E-state index is 0.649. The molecule has 1 saturated heterocycles. The first-order valence-corrected chi connectivity index (χ1v) is 8.69. The summed E-state index contributed by atoms with van der Waals surface area (Å²) in [4.78, 5) is 2.40. The number of anilines is 2. The summed E-state index contributed by atoms with van der Waals surface area (Å²) in [5.41, 5.74) is 10.9. The van der Waals surface area contributed by atoms with Gasteiger partial charge in [0.2, 0.25) is 0 Å². The van der Waals surface area contributed by atoms with E-state index in [1.54, 1.807) is 0 Å². The van der Waals surface area contributed by atoms with Gasteiger partial charge in [-0.25, -0.2) is 0 Å². The minimum Gasteiger partial charge on any atom is -0.397 e. The van der Waals surface area contributed by atoms with Gasteiger partial charge in [-0.05, 0) is 57.7 Å². The molecule has 1 aliphatic heterocycles. The predicted octanol–water partition coefficient (Wildman–Crippen LogP) is 4.51. The van der Waals surface area contributed by atoms with Crippen molar-refractivity contribution >= 4 is 22.9 Å². The Bertz CT molecular complexity index is 717. The summed E-state index contributed by atoms with van der Waals surface area (Å²) >= 11 is 0. The monoisotopic (exact) mass is 326 g/mol. The lowest BCUT2D eigenvalue weighted by Gasteiger charge is -2.29. The SMILES string of the molecule is CCn1cc(C)c(N=Nc2c(C)cc(N3CCCCC3)cc2N)n1. The number of hydrogen-bond acceptors (Lipinski definition) is 5. The van der Waals surface area contributed by atoms with Gasteiger partial charge in [-0.1, -0.05) is 0 Å². The predicted molar refractivity (Wildman–Crippen MR) is 98.5 cm³/mol. The Labute approximate surface area is 143 Å². The maximum absolute atomic E-state index is 6.26. The van der Waals surface area contributed by atoms with Gasteiger partial charge in [-0.15, -0.1) is 10.2 Å². The molecule has 2 heterocycles.